The van der Waals surface area contributed by atoms with Crippen LogP contribution in [0.4, 0.5) is 0 Å². The van der Waals surface area contributed by atoms with Gasteiger partial charge in [-0.05, 0) is 48.6 Å². The lowest BCUT2D eigenvalue weighted by Gasteiger charge is -2.23. The molecule has 0 bridgehead atoms. The molecule has 0 saturated heterocycles. The van der Waals surface area contributed by atoms with Crippen molar-refractivity contribution in [2.24, 2.45) is 0 Å². The topological polar surface area (TPSA) is 68.3 Å². The van der Waals surface area contributed by atoms with Gasteiger partial charge in [-0.1, -0.05) is 18.2 Å². The summed E-state index contributed by atoms with van der Waals surface area (Å²) in [5.41, 5.74) is 3.40. The normalized spacial score (nSPS) is 16.1. The fraction of sp³-hybridized carbons (Fsp3) is 0.316. The van der Waals surface area contributed by atoms with E-state index in [9.17, 15) is 9.59 Å². The minimum absolute atomic E-state index is 0.0156. The number of methoxy groups -OCH3 is 1. The molecule has 5 heteroatoms. The van der Waals surface area contributed by atoms with Crippen LogP contribution in [-0.2, 0) is 22.5 Å². The second-order valence-corrected chi connectivity index (χ2v) is 5.90. The number of carbonyl (C=O) groups is 2. The van der Waals surface area contributed by atoms with Crippen LogP contribution in [0, 0.1) is 0 Å². The zero-order valence-corrected chi connectivity index (χ0v) is 13.6. The average molecular weight is 324 g/mol. The van der Waals surface area contributed by atoms with Crippen molar-refractivity contribution in [3.05, 3.63) is 65.0 Å². The molecule has 1 atom stereocenters. The molecule has 5 nitrogen and oxygen atoms in total. The number of carbonyl (C=O) groups excluding carboxylic acids is 2. The van der Waals surface area contributed by atoms with Crippen molar-refractivity contribution < 1.29 is 14.3 Å². The summed E-state index contributed by atoms with van der Waals surface area (Å²) in [5.74, 6) is -0.592. The predicted octanol–water partition coefficient (Wildman–Crippen LogP) is 2.60. The quantitative estimate of drug-likeness (QED) is 0.878. The van der Waals surface area contributed by atoms with Gasteiger partial charge in [-0.3, -0.25) is 9.78 Å². The van der Waals surface area contributed by atoms with Crippen LogP contribution >= 0.6 is 0 Å². The Bertz CT molecular complexity index is 758. The first-order valence-corrected chi connectivity index (χ1v) is 8.08. The van der Waals surface area contributed by atoms with Crippen molar-refractivity contribution in [2.75, 3.05) is 7.11 Å². The molecule has 0 saturated carbocycles. The van der Waals surface area contributed by atoms with Crippen molar-refractivity contribution in [3.63, 3.8) is 0 Å². The summed E-state index contributed by atoms with van der Waals surface area (Å²) in [6.45, 7) is 0.377. The molecule has 0 spiro atoms. The third-order valence-corrected chi connectivity index (χ3v) is 4.33. The van der Waals surface area contributed by atoms with Crippen molar-refractivity contribution in [1.29, 1.82) is 0 Å². The highest BCUT2D eigenvalue weighted by atomic mass is 16.5. The number of hydrogen-bond acceptors (Lipinski definition) is 4. The summed E-state index contributed by atoms with van der Waals surface area (Å²) >= 11 is 0. The zero-order chi connectivity index (χ0) is 16.9. The molecule has 1 heterocycles. The minimum atomic E-state index is -0.381. The fourth-order valence-electron chi connectivity index (χ4n) is 3.10. The summed E-state index contributed by atoms with van der Waals surface area (Å²) in [6.07, 6.45) is 4.53. The van der Waals surface area contributed by atoms with Crippen LogP contribution < -0.4 is 5.32 Å². The number of nitrogens with zero attached hydrogens (tertiary/aromatic N) is 1. The lowest BCUT2D eigenvalue weighted by atomic mass is 9.86. The van der Waals surface area contributed by atoms with Crippen LogP contribution in [0.1, 0.15) is 45.9 Å². The van der Waals surface area contributed by atoms with Gasteiger partial charge >= 0.3 is 5.97 Å². The van der Waals surface area contributed by atoms with Gasteiger partial charge in [0, 0.05) is 12.7 Å². The summed E-state index contributed by atoms with van der Waals surface area (Å²) < 4.78 is 4.72. The van der Waals surface area contributed by atoms with Gasteiger partial charge in [0.1, 0.15) is 0 Å². The van der Waals surface area contributed by atoms with Crippen LogP contribution in [0.3, 0.4) is 0 Å². The van der Waals surface area contributed by atoms with E-state index in [1.807, 2.05) is 18.2 Å². The summed E-state index contributed by atoms with van der Waals surface area (Å²) in [4.78, 5) is 28.5. The van der Waals surface area contributed by atoms with Gasteiger partial charge < -0.3 is 10.1 Å². The number of pyridine rings is 1. The van der Waals surface area contributed by atoms with Gasteiger partial charge in [0.15, 0.2) is 0 Å². The van der Waals surface area contributed by atoms with E-state index in [4.69, 9.17) is 4.74 Å². The molecular formula is C19H20N2O3. The van der Waals surface area contributed by atoms with E-state index >= 15 is 0 Å². The molecule has 1 aliphatic rings. The van der Waals surface area contributed by atoms with E-state index in [1.54, 1.807) is 24.4 Å². The van der Waals surface area contributed by atoms with Gasteiger partial charge in [0.25, 0.3) is 0 Å². The van der Waals surface area contributed by atoms with E-state index in [0.717, 1.165) is 36.1 Å². The lowest BCUT2D eigenvalue weighted by molar-refractivity contribution is -0.123. The van der Waals surface area contributed by atoms with E-state index in [2.05, 4.69) is 10.3 Å². The second-order valence-electron chi connectivity index (χ2n) is 5.90. The smallest absolute Gasteiger partial charge is 0.337 e. The molecule has 1 aromatic heterocycles. The molecule has 1 aliphatic carbocycles. The predicted molar refractivity (Wildman–Crippen MR) is 89.5 cm³/mol. The highest BCUT2D eigenvalue weighted by molar-refractivity contribution is 5.89. The number of rotatable bonds is 4. The highest BCUT2D eigenvalue weighted by Gasteiger charge is 2.27. The number of benzene rings is 1. The molecule has 2 aromatic rings. The molecule has 1 N–H and O–H groups in total. The Morgan fingerprint density at radius 3 is 3.00 bits per heavy atom. The number of aryl methyl sites for hydroxylation is 1. The van der Waals surface area contributed by atoms with Gasteiger partial charge in [-0.15, -0.1) is 0 Å². The van der Waals surface area contributed by atoms with Crippen molar-refractivity contribution >= 4 is 11.9 Å². The number of ether oxygens (including phenoxy) is 1. The van der Waals surface area contributed by atoms with Crippen molar-refractivity contribution in [1.82, 2.24) is 10.3 Å². The molecule has 1 amide bonds. The van der Waals surface area contributed by atoms with E-state index in [-0.39, 0.29) is 17.8 Å². The van der Waals surface area contributed by atoms with Crippen LogP contribution in [-0.4, -0.2) is 24.0 Å². The molecule has 1 aromatic carbocycles. The first-order valence-electron chi connectivity index (χ1n) is 8.08. The number of hydrogen-bond donors (Lipinski definition) is 1. The number of nitrogens with one attached hydrogen (secondary N) is 1. The van der Waals surface area contributed by atoms with Crippen LogP contribution in [0.5, 0.6) is 0 Å². The summed E-state index contributed by atoms with van der Waals surface area (Å²) in [6, 6.07) is 11.0. The molecule has 0 aliphatic heterocycles. The van der Waals surface area contributed by atoms with Gasteiger partial charge in [-0.2, -0.15) is 0 Å². The second kappa shape index (κ2) is 7.25. The largest absolute Gasteiger partial charge is 0.465 e. The Hall–Kier alpha value is -2.69. The van der Waals surface area contributed by atoms with E-state index in [1.165, 1.54) is 7.11 Å². The van der Waals surface area contributed by atoms with E-state index in [0.29, 0.717) is 12.1 Å². The molecule has 24 heavy (non-hydrogen) atoms. The molecule has 0 radical (unpaired) electrons. The first-order chi connectivity index (χ1) is 11.7. The monoisotopic (exact) mass is 324 g/mol. The zero-order valence-electron chi connectivity index (χ0n) is 13.6. The Balaban J connectivity index is 1.68. The number of amides is 1. The maximum absolute atomic E-state index is 12.6. The maximum Gasteiger partial charge on any atom is 0.337 e. The number of aromatic nitrogens is 1. The maximum atomic E-state index is 12.6. The van der Waals surface area contributed by atoms with Crippen molar-refractivity contribution in [3.8, 4) is 0 Å². The van der Waals surface area contributed by atoms with Crippen LogP contribution in [0.25, 0.3) is 0 Å². The molecular weight excluding hydrogens is 304 g/mol. The van der Waals surface area contributed by atoms with Gasteiger partial charge in [0.2, 0.25) is 5.91 Å². The van der Waals surface area contributed by atoms with Crippen molar-refractivity contribution in [2.45, 2.75) is 31.7 Å². The van der Waals surface area contributed by atoms with Crippen LogP contribution in [0.2, 0.25) is 0 Å². The highest BCUT2D eigenvalue weighted by Crippen LogP contribution is 2.29. The van der Waals surface area contributed by atoms with Crippen LogP contribution in [0.15, 0.2) is 42.6 Å². The number of fused-ring (bicyclic) bond motifs is 1. The molecule has 0 fully saturated rings. The Labute approximate surface area is 141 Å². The lowest BCUT2D eigenvalue weighted by Crippen LogP contribution is -2.31. The minimum Gasteiger partial charge on any atom is -0.465 e. The Kier molecular flexibility index (Phi) is 4.89. The average Bonchev–Trinajstić information content (AvgIpc) is 2.65. The summed E-state index contributed by atoms with van der Waals surface area (Å²) in [7, 11) is 1.35. The summed E-state index contributed by atoms with van der Waals surface area (Å²) in [5, 5.41) is 2.96. The molecule has 124 valence electrons. The fourth-order valence-corrected chi connectivity index (χ4v) is 3.10. The Morgan fingerprint density at radius 1 is 1.29 bits per heavy atom. The molecule has 0 unspecified atom stereocenters. The third-order valence-electron chi connectivity index (χ3n) is 4.33. The molecule has 3 rings (SSSR count). The van der Waals surface area contributed by atoms with Gasteiger partial charge in [0.05, 0.1) is 24.3 Å². The third kappa shape index (κ3) is 3.45. The Morgan fingerprint density at radius 2 is 2.17 bits per heavy atom. The number of esters is 1. The SMILES string of the molecule is COC(=O)c1cccc(CNC(=O)[C@@H]2CCCc3cccnc32)c1. The first kappa shape index (κ1) is 16.2. The van der Waals surface area contributed by atoms with Gasteiger partial charge in [-0.25, -0.2) is 4.79 Å². The standard InChI is InChI=1S/C19H20N2O3/c1-24-19(23)15-7-2-5-13(11-15)12-21-18(22)16-9-3-6-14-8-4-10-20-17(14)16/h2,4-5,7-8,10-11,16H,3,6,9,12H2,1H3,(H,21,22)/t16-/m1/s1. The van der Waals surface area contributed by atoms with E-state index < -0.39 is 0 Å².